The Kier molecular flexibility index (Phi) is 7.69. The normalized spacial score (nSPS) is 18.3. The summed E-state index contributed by atoms with van der Waals surface area (Å²) in [6.45, 7) is 1.67. The Hall–Kier alpha value is -2.08. The Balaban J connectivity index is 1.79. The van der Waals surface area contributed by atoms with Gasteiger partial charge in [0, 0.05) is 32.2 Å². The maximum absolute atomic E-state index is 13.2. The van der Waals surface area contributed by atoms with Crippen molar-refractivity contribution >= 4 is 16.0 Å². The monoisotopic (exact) mass is 440 g/mol. The van der Waals surface area contributed by atoms with Crippen LogP contribution in [0.2, 0.25) is 0 Å². The summed E-state index contributed by atoms with van der Waals surface area (Å²) in [4.78, 5) is 4.05. The van der Waals surface area contributed by atoms with Gasteiger partial charge < -0.3 is 15.4 Å². The molecule has 12 heteroatoms. The molecular formula is C17H24F4N4O3S. The van der Waals surface area contributed by atoms with Gasteiger partial charge >= 0.3 is 15.5 Å². The number of alkyl halides is 3. The molecule has 1 aliphatic heterocycles. The summed E-state index contributed by atoms with van der Waals surface area (Å²) in [6.07, 6.45) is 0.116. The first-order chi connectivity index (χ1) is 13.5. The van der Waals surface area contributed by atoms with Gasteiger partial charge in [-0.3, -0.25) is 4.99 Å². The zero-order valence-electron chi connectivity index (χ0n) is 16.0. The van der Waals surface area contributed by atoms with Gasteiger partial charge in [-0.05, 0) is 31.9 Å². The molecule has 0 aromatic heterocycles. The van der Waals surface area contributed by atoms with Crippen molar-refractivity contribution in [2.24, 2.45) is 4.99 Å². The number of aliphatic imine (C=N–C) groups is 1. The van der Waals surface area contributed by atoms with Crippen molar-refractivity contribution in [2.45, 2.75) is 37.4 Å². The van der Waals surface area contributed by atoms with Crippen molar-refractivity contribution in [3.05, 3.63) is 30.1 Å². The van der Waals surface area contributed by atoms with Crippen LogP contribution in [-0.4, -0.2) is 63.0 Å². The molecule has 0 amide bonds. The van der Waals surface area contributed by atoms with Crippen molar-refractivity contribution in [2.75, 3.05) is 26.7 Å². The predicted octanol–water partition coefficient (Wildman–Crippen LogP) is 2.07. The van der Waals surface area contributed by atoms with Gasteiger partial charge in [-0.2, -0.15) is 17.5 Å². The fraction of sp³-hybridized carbons (Fsp3) is 0.588. The first kappa shape index (κ1) is 23.2. The van der Waals surface area contributed by atoms with Gasteiger partial charge in [0.15, 0.2) is 5.96 Å². The zero-order chi connectivity index (χ0) is 21.7. The molecule has 1 saturated heterocycles. The number of ether oxygens (including phenoxy) is 1. The summed E-state index contributed by atoms with van der Waals surface area (Å²) in [7, 11) is -3.76. The highest BCUT2D eigenvalue weighted by Crippen LogP contribution is 2.28. The Bertz CT molecular complexity index is 809. The topological polar surface area (TPSA) is 83.0 Å². The van der Waals surface area contributed by atoms with E-state index in [1.54, 1.807) is 13.0 Å². The minimum Gasteiger partial charge on any atom is -0.489 e. The van der Waals surface area contributed by atoms with Crippen LogP contribution in [-0.2, 0) is 10.0 Å². The smallest absolute Gasteiger partial charge is 0.489 e. The number of guanidine groups is 1. The van der Waals surface area contributed by atoms with Gasteiger partial charge in [-0.15, -0.1) is 0 Å². The lowest BCUT2D eigenvalue weighted by Gasteiger charge is -2.32. The van der Waals surface area contributed by atoms with E-state index in [-0.39, 0.29) is 38.1 Å². The number of nitrogens with zero attached hydrogens (tertiary/aromatic N) is 2. The highest BCUT2D eigenvalue weighted by molar-refractivity contribution is 7.90. The molecule has 1 aromatic rings. The molecule has 1 aliphatic rings. The van der Waals surface area contributed by atoms with Crippen LogP contribution in [0.3, 0.4) is 0 Å². The van der Waals surface area contributed by atoms with Crippen LogP contribution in [0.1, 0.15) is 19.8 Å². The van der Waals surface area contributed by atoms with Crippen LogP contribution in [0.25, 0.3) is 0 Å². The average molecular weight is 440 g/mol. The number of halogens is 4. The summed E-state index contributed by atoms with van der Waals surface area (Å²) in [5, 5.41) is 6.09. The minimum absolute atomic E-state index is 0.214. The van der Waals surface area contributed by atoms with E-state index >= 15 is 0 Å². The molecule has 1 atom stereocenters. The largest absolute Gasteiger partial charge is 0.511 e. The number of nitrogens with one attached hydrogen (secondary N) is 2. The van der Waals surface area contributed by atoms with Gasteiger partial charge in [-0.25, -0.2) is 12.8 Å². The Morgan fingerprint density at radius 1 is 1.34 bits per heavy atom. The predicted molar refractivity (Wildman–Crippen MR) is 101 cm³/mol. The lowest BCUT2D eigenvalue weighted by Crippen LogP contribution is -2.52. The van der Waals surface area contributed by atoms with Crippen molar-refractivity contribution in [3.63, 3.8) is 0 Å². The molecule has 0 bridgehead atoms. The highest BCUT2D eigenvalue weighted by atomic mass is 32.2. The molecule has 1 unspecified atom stereocenters. The van der Waals surface area contributed by atoms with E-state index < -0.39 is 21.3 Å². The summed E-state index contributed by atoms with van der Waals surface area (Å²) >= 11 is 0. The van der Waals surface area contributed by atoms with E-state index in [0.717, 1.165) is 0 Å². The van der Waals surface area contributed by atoms with Crippen LogP contribution >= 0.6 is 0 Å². The van der Waals surface area contributed by atoms with Crippen LogP contribution in [0.15, 0.2) is 29.3 Å². The van der Waals surface area contributed by atoms with E-state index in [4.69, 9.17) is 4.74 Å². The number of rotatable bonds is 6. The number of hydrogen-bond donors (Lipinski definition) is 2. The van der Waals surface area contributed by atoms with Crippen LogP contribution in [0.4, 0.5) is 17.6 Å². The van der Waals surface area contributed by atoms with E-state index in [2.05, 4.69) is 15.6 Å². The number of benzene rings is 1. The second kappa shape index (κ2) is 9.61. The minimum atomic E-state index is -5.29. The third-order valence-electron chi connectivity index (χ3n) is 4.34. The zero-order valence-corrected chi connectivity index (χ0v) is 16.9. The first-order valence-corrected chi connectivity index (χ1v) is 10.4. The molecule has 7 nitrogen and oxygen atoms in total. The lowest BCUT2D eigenvalue weighted by molar-refractivity contribution is -0.0494. The van der Waals surface area contributed by atoms with Crippen molar-refractivity contribution in [1.82, 2.24) is 14.9 Å². The van der Waals surface area contributed by atoms with Gasteiger partial charge in [-0.1, -0.05) is 6.07 Å². The molecule has 0 aliphatic carbocycles. The molecule has 29 heavy (non-hydrogen) atoms. The third kappa shape index (κ3) is 6.46. The number of hydrogen-bond acceptors (Lipinski definition) is 4. The molecule has 1 fully saturated rings. The van der Waals surface area contributed by atoms with Crippen LogP contribution in [0, 0.1) is 5.82 Å². The van der Waals surface area contributed by atoms with Gasteiger partial charge in [0.2, 0.25) is 0 Å². The van der Waals surface area contributed by atoms with Crippen molar-refractivity contribution in [3.8, 4) is 5.75 Å². The lowest BCUT2D eigenvalue weighted by atomic mass is 10.1. The SMILES string of the molecule is CN=C(NCC(C)Oc1cccc(F)c1)NC1CCN(S(=O)(=O)C(F)(F)F)CC1. The number of piperidine rings is 1. The Morgan fingerprint density at radius 3 is 2.55 bits per heavy atom. The fourth-order valence-corrected chi connectivity index (χ4v) is 3.81. The second-order valence-electron chi connectivity index (χ2n) is 6.61. The maximum atomic E-state index is 13.2. The van der Waals surface area contributed by atoms with E-state index in [1.165, 1.54) is 25.2 Å². The van der Waals surface area contributed by atoms with E-state index in [9.17, 15) is 26.0 Å². The third-order valence-corrected chi connectivity index (χ3v) is 5.97. The molecule has 0 radical (unpaired) electrons. The van der Waals surface area contributed by atoms with Gasteiger partial charge in [0.25, 0.3) is 0 Å². The number of sulfonamides is 1. The molecule has 2 N–H and O–H groups in total. The molecule has 2 rings (SSSR count). The fourth-order valence-electron chi connectivity index (χ4n) is 2.83. The summed E-state index contributed by atoms with van der Waals surface area (Å²) < 4.78 is 80.0. The van der Waals surface area contributed by atoms with Crippen LogP contribution in [0.5, 0.6) is 5.75 Å². The summed E-state index contributed by atoms with van der Waals surface area (Å²) in [5.74, 6) is 0.399. The van der Waals surface area contributed by atoms with E-state index in [0.29, 0.717) is 22.6 Å². The molecule has 164 valence electrons. The quantitative estimate of drug-likeness (QED) is 0.402. The van der Waals surface area contributed by atoms with Crippen molar-refractivity contribution < 1.29 is 30.7 Å². The Morgan fingerprint density at radius 2 is 2.00 bits per heavy atom. The van der Waals surface area contributed by atoms with Crippen molar-refractivity contribution in [1.29, 1.82) is 0 Å². The molecule has 1 heterocycles. The van der Waals surface area contributed by atoms with Gasteiger partial charge in [0.05, 0.1) is 6.54 Å². The second-order valence-corrected chi connectivity index (χ2v) is 8.54. The Labute approximate surface area is 167 Å². The maximum Gasteiger partial charge on any atom is 0.511 e. The average Bonchev–Trinajstić information content (AvgIpc) is 2.64. The summed E-state index contributed by atoms with van der Waals surface area (Å²) in [5.41, 5.74) is -5.29. The van der Waals surface area contributed by atoms with E-state index in [1.807, 2.05) is 0 Å². The highest BCUT2D eigenvalue weighted by Gasteiger charge is 2.50. The first-order valence-electron chi connectivity index (χ1n) is 8.98. The summed E-state index contributed by atoms with van der Waals surface area (Å²) in [6, 6.07) is 5.53. The standard InChI is InChI=1S/C17H24F4N4O3S/c1-12(28-15-5-3-4-13(18)10-15)11-23-16(22-2)24-14-6-8-25(9-7-14)29(26,27)17(19,20)21/h3-5,10,12,14H,6-9,11H2,1-2H3,(H2,22,23,24). The molecule has 0 spiro atoms. The van der Waals surface area contributed by atoms with Crippen LogP contribution < -0.4 is 15.4 Å². The molecule has 0 saturated carbocycles. The van der Waals surface area contributed by atoms with Gasteiger partial charge in [0.1, 0.15) is 17.7 Å². The molecule has 1 aromatic carbocycles. The molecular weight excluding hydrogens is 416 g/mol.